The van der Waals surface area contributed by atoms with Gasteiger partial charge in [-0.1, -0.05) is 13.8 Å². The lowest BCUT2D eigenvalue weighted by Crippen LogP contribution is -2.61. The van der Waals surface area contributed by atoms with E-state index in [0.29, 0.717) is 26.1 Å². The number of nitrogens with zero attached hydrogens (tertiary/aromatic N) is 1. The molecule has 2 aliphatic rings. The molecule has 3 N–H and O–H groups in total. The van der Waals surface area contributed by atoms with Gasteiger partial charge in [-0.05, 0) is 45.4 Å². The third kappa shape index (κ3) is 6.09. The fourth-order valence-electron chi connectivity index (χ4n) is 3.59. The molecule has 2 heterocycles. The van der Waals surface area contributed by atoms with Gasteiger partial charge >= 0.3 is 6.09 Å². The normalized spacial score (nSPS) is 24.3. The molecule has 154 valence electrons. The van der Waals surface area contributed by atoms with Crippen LogP contribution in [0, 0.1) is 11.3 Å². The summed E-state index contributed by atoms with van der Waals surface area (Å²) in [5.74, 6) is -0.887. The number of rotatable bonds is 5. The van der Waals surface area contributed by atoms with Gasteiger partial charge in [0.25, 0.3) is 5.91 Å². The van der Waals surface area contributed by atoms with E-state index in [0.717, 1.165) is 6.42 Å². The molecule has 27 heavy (non-hydrogen) atoms. The van der Waals surface area contributed by atoms with Crippen LogP contribution in [0.5, 0.6) is 0 Å². The fourth-order valence-corrected chi connectivity index (χ4v) is 3.59. The number of carbonyl (C=O) groups excluding carboxylic acids is 3. The summed E-state index contributed by atoms with van der Waals surface area (Å²) in [7, 11) is 0. The first kappa shape index (κ1) is 21.5. The highest BCUT2D eigenvalue weighted by Gasteiger charge is 2.42. The summed E-state index contributed by atoms with van der Waals surface area (Å²) in [6.07, 6.45) is -0.437. The number of likely N-dealkylation sites (tertiary alicyclic amines) is 1. The molecule has 0 aromatic carbocycles. The van der Waals surface area contributed by atoms with Crippen molar-refractivity contribution in [2.45, 2.75) is 71.6 Å². The molecule has 8 heteroatoms. The number of nitrogens with one attached hydrogen (secondary N) is 2. The fraction of sp³-hybridized carbons (Fsp3) is 0.842. The number of aliphatic hydroxyl groups is 1. The van der Waals surface area contributed by atoms with Gasteiger partial charge in [0, 0.05) is 25.6 Å². The maximum absolute atomic E-state index is 12.6. The lowest BCUT2D eigenvalue weighted by atomic mass is 9.83. The topological polar surface area (TPSA) is 108 Å². The molecule has 3 amide bonds. The van der Waals surface area contributed by atoms with E-state index in [4.69, 9.17) is 4.74 Å². The summed E-state index contributed by atoms with van der Waals surface area (Å²) in [5.41, 5.74) is -0.667. The van der Waals surface area contributed by atoms with Crippen molar-refractivity contribution in [3.05, 3.63) is 0 Å². The predicted molar refractivity (Wildman–Crippen MR) is 99.9 cm³/mol. The van der Waals surface area contributed by atoms with Gasteiger partial charge < -0.3 is 25.4 Å². The van der Waals surface area contributed by atoms with Gasteiger partial charge in [-0.15, -0.1) is 0 Å². The van der Waals surface area contributed by atoms with Crippen molar-refractivity contribution < 1.29 is 24.2 Å². The first-order valence-corrected chi connectivity index (χ1v) is 9.62. The van der Waals surface area contributed by atoms with Gasteiger partial charge in [-0.2, -0.15) is 0 Å². The SMILES string of the molecule is CC1(C)CN(C(=O)C(O)[C@H](C[C@@H]2CCCNC2=O)NC(=O)OC(C)(C)C)C1. The van der Waals surface area contributed by atoms with E-state index >= 15 is 0 Å². The second-order valence-corrected chi connectivity index (χ2v) is 9.42. The highest BCUT2D eigenvalue weighted by molar-refractivity contribution is 5.84. The Kier molecular flexibility index (Phi) is 6.39. The monoisotopic (exact) mass is 383 g/mol. The molecule has 0 saturated carbocycles. The maximum atomic E-state index is 12.6. The van der Waals surface area contributed by atoms with E-state index in [9.17, 15) is 19.5 Å². The molecule has 2 aliphatic heterocycles. The Hall–Kier alpha value is -1.83. The molecule has 0 bridgehead atoms. The smallest absolute Gasteiger partial charge is 0.407 e. The maximum Gasteiger partial charge on any atom is 0.407 e. The number of amides is 3. The van der Waals surface area contributed by atoms with Crippen LogP contribution < -0.4 is 10.6 Å². The summed E-state index contributed by atoms with van der Waals surface area (Å²) in [5, 5.41) is 16.1. The molecular formula is C19H33N3O5. The predicted octanol–water partition coefficient (Wildman–Crippen LogP) is 1.03. The van der Waals surface area contributed by atoms with Crippen LogP contribution in [0.2, 0.25) is 0 Å². The molecule has 0 aromatic rings. The lowest BCUT2D eigenvalue weighted by molar-refractivity contribution is -0.152. The first-order chi connectivity index (χ1) is 12.4. The van der Waals surface area contributed by atoms with Gasteiger partial charge in [0.2, 0.25) is 5.91 Å². The van der Waals surface area contributed by atoms with Crippen molar-refractivity contribution in [3.63, 3.8) is 0 Å². The standard InChI is InChI=1S/C19H33N3O5/c1-18(2,3)27-17(26)21-13(9-12-7-6-8-20-15(12)24)14(23)16(25)22-10-19(4,5)11-22/h12-14,23H,6-11H2,1-5H3,(H,20,24)(H,21,26)/t12-,13-,14?/m0/s1. The highest BCUT2D eigenvalue weighted by atomic mass is 16.6. The Bertz CT molecular complexity index is 576. The van der Waals surface area contributed by atoms with Gasteiger partial charge in [0.15, 0.2) is 6.10 Å². The molecule has 0 aliphatic carbocycles. The van der Waals surface area contributed by atoms with Crippen molar-refractivity contribution in [1.29, 1.82) is 0 Å². The van der Waals surface area contributed by atoms with Crippen LogP contribution in [-0.2, 0) is 14.3 Å². The zero-order chi connectivity index (χ0) is 20.4. The zero-order valence-electron chi connectivity index (χ0n) is 17.0. The van der Waals surface area contributed by atoms with E-state index in [1.165, 1.54) is 0 Å². The molecule has 0 aromatic heterocycles. The summed E-state index contributed by atoms with van der Waals surface area (Å²) >= 11 is 0. The van der Waals surface area contributed by atoms with Crippen LogP contribution in [0.3, 0.4) is 0 Å². The second-order valence-electron chi connectivity index (χ2n) is 9.42. The highest BCUT2D eigenvalue weighted by Crippen LogP contribution is 2.30. The van der Waals surface area contributed by atoms with E-state index in [2.05, 4.69) is 10.6 Å². The Morgan fingerprint density at radius 1 is 1.37 bits per heavy atom. The Morgan fingerprint density at radius 2 is 2.00 bits per heavy atom. The zero-order valence-corrected chi connectivity index (χ0v) is 17.0. The number of ether oxygens (including phenoxy) is 1. The third-order valence-corrected chi connectivity index (χ3v) is 4.82. The lowest BCUT2D eigenvalue weighted by Gasteiger charge is -2.47. The van der Waals surface area contributed by atoms with E-state index in [1.54, 1.807) is 25.7 Å². The van der Waals surface area contributed by atoms with Crippen LogP contribution in [0.4, 0.5) is 4.79 Å². The Morgan fingerprint density at radius 3 is 2.52 bits per heavy atom. The van der Waals surface area contributed by atoms with Gasteiger partial charge in [-0.3, -0.25) is 9.59 Å². The average molecular weight is 383 g/mol. The largest absolute Gasteiger partial charge is 0.444 e. The molecule has 8 nitrogen and oxygen atoms in total. The van der Waals surface area contributed by atoms with Crippen LogP contribution >= 0.6 is 0 Å². The third-order valence-electron chi connectivity index (χ3n) is 4.82. The van der Waals surface area contributed by atoms with Crippen molar-refractivity contribution >= 4 is 17.9 Å². The minimum Gasteiger partial charge on any atom is -0.444 e. The van der Waals surface area contributed by atoms with E-state index in [-0.39, 0.29) is 23.7 Å². The summed E-state index contributed by atoms with van der Waals surface area (Å²) in [6.45, 7) is 11.1. The number of piperidine rings is 1. The van der Waals surface area contributed by atoms with Gasteiger partial charge in [-0.25, -0.2) is 4.79 Å². The first-order valence-electron chi connectivity index (χ1n) is 9.62. The molecular weight excluding hydrogens is 350 g/mol. The van der Waals surface area contributed by atoms with Crippen molar-refractivity contribution in [2.24, 2.45) is 11.3 Å². The van der Waals surface area contributed by atoms with Crippen LogP contribution in [0.1, 0.15) is 53.9 Å². The molecule has 0 spiro atoms. The quantitative estimate of drug-likeness (QED) is 0.657. The average Bonchev–Trinajstić information content (AvgIpc) is 2.50. The van der Waals surface area contributed by atoms with Crippen LogP contribution in [0.25, 0.3) is 0 Å². The van der Waals surface area contributed by atoms with E-state index in [1.807, 2.05) is 13.8 Å². The minimum absolute atomic E-state index is 0.0345. The number of hydrogen-bond donors (Lipinski definition) is 3. The van der Waals surface area contributed by atoms with Crippen molar-refractivity contribution in [2.75, 3.05) is 19.6 Å². The van der Waals surface area contributed by atoms with Crippen molar-refractivity contribution in [1.82, 2.24) is 15.5 Å². The Labute approximate surface area is 161 Å². The number of aliphatic hydroxyl groups excluding tert-OH is 1. The number of hydrogen-bond acceptors (Lipinski definition) is 5. The molecule has 1 unspecified atom stereocenters. The second kappa shape index (κ2) is 8.04. The summed E-state index contributed by atoms with van der Waals surface area (Å²) in [4.78, 5) is 38.5. The number of alkyl carbamates (subject to hydrolysis) is 1. The molecule has 2 saturated heterocycles. The van der Waals surface area contributed by atoms with E-state index < -0.39 is 29.7 Å². The molecule has 2 rings (SSSR count). The molecule has 3 atom stereocenters. The van der Waals surface area contributed by atoms with Crippen LogP contribution in [0.15, 0.2) is 0 Å². The van der Waals surface area contributed by atoms with Gasteiger partial charge in [0.1, 0.15) is 5.60 Å². The van der Waals surface area contributed by atoms with Gasteiger partial charge in [0.05, 0.1) is 6.04 Å². The summed E-state index contributed by atoms with van der Waals surface area (Å²) < 4.78 is 5.26. The molecule has 0 radical (unpaired) electrons. The van der Waals surface area contributed by atoms with Crippen molar-refractivity contribution in [3.8, 4) is 0 Å². The Balaban J connectivity index is 2.06. The molecule has 2 fully saturated rings. The summed E-state index contributed by atoms with van der Waals surface area (Å²) in [6, 6.07) is -0.884. The van der Waals surface area contributed by atoms with Crippen LogP contribution in [-0.4, -0.2) is 65.3 Å². The number of carbonyl (C=O) groups is 3. The minimum atomic E-state index is -1.41.